The lowest BCUT2D eigenvalue weighted by atomic mass is 10.0. The van der Waals surface area contributed by atoms with Crippen molar-refractivity contribution in [2.45, 2.75) is 40.3 Å². The first kappa shape index (κ1) is 25.0. The summed E-state index contributed by atoms with van der Waals surface area (Å²) in [5.41, 5.74) is 3.25. The topological polar surface area (TPSA) is 73.9 Å². The van der Waals surface area contributed by atoms with E-state index in [0.717, 1.165) is 11.3 Å². The molecule has 0 bridgehead atoms. The molecule has 2 aromatic carbocycles. The van der Waals surface area contributed by atoms with Crippen LogP contribution in [0.5, 0.6) is 5.75 Å². The van der Waals surface area contributed by atoms with E-state index in [4.69, 9.17) is 4.74 Å². The fourth-order valence-corrected chi connectivity index (χ4v) is 3.41. The Morgan fingerprint density at radius 1 is 1.03 bits per heavy atom. The molecule has 1 unspecified atom stereocenters. The van der Waals surface area contributed by atoms with E-state index in [2.05, 4.69) is 31.4 Å². The lowest BCUT2D eigenvalue weighted by Crippen LogP contribution is -2.41. The highest BCUT2D eigenvalue weighted by Crippen LogP contribution is 2.27. The van der Waals surface area contributed by atoms with Crippen LogP contribution in [0.2, 0.25) is 0 Å². The highest BCUT2D eigenvalue weighted by Gasteiger charge is 2.25. The molecule has 2 N–H and O–H groups in total. The minimum absolute atomic E-state index is 0.0135. The van der Waals surface area contributed by atoms with E-state index in [1.165, 1.54) is 0 Å². The van der Waals surface area contributed by atoms with Crippen molar-refractivity contribution in [1.29, 1.82) is 0 Å². The van der Waals surface area contributed by atoms with Crippen molar-refractivity contribution in [1.82, 2.24) is 10.2 Å². The summed E-state index contributed by atoms with van der Waals surface area (Å²) < 4.78 is 5.22. The van der Waals surface area contributed by atoms with Crippen molar-refractivity contribution < 1.29 is 14.3 Å². The second-order valence-corrected chi connectivity index (χ2v) is 8.37. The fraction of sp³-hybridized carbons (Fsp3) is 0.440. The Kier molecular flexibility index (Phi) is 8.93. The Labute approximate surface area is 191 Å². The molecule has 32 heavy (non-hydrogen) atoms. The number of urea groups is 1. The van der Waals surface area contributed by atoms with Crippen LogP contribution in [0.3, 0.4) is 0 Å². The largest absolute Gasteiger partial charge is 0.497 e. The van der Waals surface area contributed by atoms with Gasteiger partial charge < -0.3 is 25.2 Å². The molecule has 2 rings (SSSR count). The van der Waals surface area contributed by atoms with E-state index < -0.39 is 0 Å². The summed E-state index contributed by atoms with van der Waals surface area (Å²) in [6.07, 6.45) is 0. The maximum atomic E-state index is 13.5. The van der Waals surface area contributed by atoms with E-state index in [1.807, 2.05) is 49.0 Å². The molecule has 0 radical (unpaired) electrons. The summed E-state index contributed by atoms with van der Waals surface area (Å²) in [6, 6.07) is 12.7. The number of carbonyl (C=O) groups is 2. The van der Waals surface area contributed by atoms with Gasteiger partial charge in [-0.05, 0) is 67.8 Å². The van der Waals surface area contributed by atoms with Crippen LogP contribution in [0.15, 0.2) is 42.5 Å². The quantitative estimate of drug-likeness (QED) is 0.598. The molecule has 0 aliphatic rings. The van der Waals surface area contributed by atoms with Crippen LogP contribution in [0, 0.1) is 5.92 Å². The molecule has 2 aromatic rings. The smallest absolute Gasteiger partial charge is 0.319 e. The molecule has 7 nitrogen and oxygen atoms in total. The van der Waals surface area contributed by atoms with Gasteiger partial charge in [-0.15, -0.1) is 0 Å². The number of nitrogens with zero attached hydrogens (tertiary/aromatic N) is 2. The summed E-state index contributed by atoms with van der Waals surface area (Å²) in [5.74, 6) is 0.946. The predicted molar refractivity (Wildman–Crippen MR) is 131 cm³/mol. The number of hydrogen-bond donors (Lipinski definition) is 2. The zero-order valence-corrected chi connectivity index (χ0v) is 20.2. The lowest BCUT2D eigenvalue weighted by molar-refractivity contribution is 0.0628. The maximum Gasteiger partial charge on any atom is 0.319 e. The summed E-state index contributed by atoms with van der Waals surface area (Å²) >= 11 is 0. The molecule has 7 heteroatoms. The fourth-order valence-electron chi connectivity index (χ4n) is 3.41. The van der Waals surface area contributed by atoms with Crippen molar-refractivity contribution in [3.63, 3.8) is 0 Å². The normalized spacial score (nSPS) is 11.6. The molecule has 0 saturated carbocycles. The molecule has 174 valence electrons. The second kappa shape index (κ2) is 11.4. The Hall–Kier alpha value is -3.22. The van der Waals surface area contributed by atoms with Crippen LogP contribution in [-0.2, 0) is 6.54 Å². The van der Waals surface area contributed by atoms with Crippen molar-refractivity contribution in [2.75, 3.05) is 38.0 Å². The van der Waals surface area contributed by atoms with Crippen molar-refractivity contribution >= 4 is 23.3 Å². The van der Waals surface area contributed by atoms with Gasteiger partial charge in [-0.25, -0.2) is 4.79 Å². The van der Waals surface area contributed by atoms with Crippen molar-refractivity contribution in [3.05, 3.63) is 53.6 Å². The van der Waals surface area contributed by atoms with Gasteiger partial charge in [0.1, 0.15) is 5.75 Å². The molecular formula is C25H36N4O3. The number of carbonyl (C=O) groups excluding carboxylic acids is 2. The molecule has 3 amide bonds. The van der Waals surface area contributed by atoms with Gasteiger partial charge in [0.15, 0.2) is 0 Å². The number of ether oxygens (including phenoxy) is 1. The van der Waals surface area contributed by atoms with Gasteiger partial charge in [-0.2, -0.15) is 0 Å². The lowest BCUT2D eigenvalue weighted by Gasteiger charge is -2.33. The van der Waals surface area contributed by atoms with Crippen LogP contribution in [0.25, 0.3) is 0 Å². The van der Waals surface area contributed by atoms with E-state index in [1.54, 1.807) is 31.4 Å². The number of hydrogen-bond acceptors (Lipinski definition) is 4. The molecule has 0 heterocycles. The van der Waals surface area contributed by atoms with Crippen LogP contribution in [-0.4, -0.2) is 50.6 Å². The highest BCUT2D eigenvalue weighted by molar-refractivity contribution is 5.95. The standard InChI is InChI=1S/C25H36N4O3/c1-8-26-25(31)27-21-11-14-23(28(5)6)20(15-21)16-29(18(4)17(2)3)24(30)19-9-12-22(32-7)13-10-19/h9-15,17-18H,8,16H2,1-7H3,(H2,26,27,31). The molecule has 0 saturated heterocycles. The minimum atomic E-state index is -0.252. The summed E-state index contributed by atoms with van der Waals surface area (Å²) in [4.78, 5) is 29.4. The highest BCUT2D eigenvalue weighted by atomic mass is 16.5. The molecule has 0 spiro atoms. The first-order valence-corrected chi connectivity index (χ1v) is 11.0. The van der Waals surface area contributed by atoms with Crippen LogP contribution < -0.4 is 20.3 Å². The van der Waals surface area contributed by atoms with Crippen molar-refractivity contribution in [2.24, 2.45) is 5.92 Å². The molecule has 0 aliphatic carbocycles. The number of rotatable bonds is 9. The summed E-state index contributed by atoms with van der Waals surface area (Å²) in [5, 5.41) is 5.60. The number of amides is 3. The number of benzene rings is 2. The van der Waals surface area contributed by atoms with E-state index >= 15 is 0 Å². The molecule has 0 aliphatic heterocycles. The minimum Gasteiger partial charge on any atom is -0.497 e. The first-order valence-electron chi connectivity index (χ1n) is 11.0. The second-order valence-electron chi connectivity index (χ2n) is 8.37. The number of anilines is 2. The van der Waals surface area contributed by atoms with Crippen LogP contribution in [0.1, 0.15) is 43.6 Å². The third kappa shape index (κ3) is 6.39. The predicted octanol–water partition coefficient (Wildman–Crippen LogP) is 4.59. The van der Waals surface area contributed by atoms with Gasteiger partial charge in [-0.1, -0.05) is 13.8 Å². The van der Waals surface area contributed by atoms with E-state index in [-0.39, 0.29) is 23.9 Å². The Morgan fingerprint density at radius 2 is 1.69 bits per heavy atom. The first-order chi connectivity index (χ1) is 15.2. The average molecular weight is 441 g/mol. The Balaban J connectivity index is 2.42. The monoisotopic (exact) mass is 440 g/mol. The molecule has 0 fully saturated rings. The van der Waals surface area contributed by atoms with Gasteiger partial charge in [-0.3, -0.25) is 4.79 Å². The van der Waals surface area contributed by atoms with Crippen molar-refractivity contribution in [3.8, 4) is 5.75 Å². The summed E-state index contributed by atoms with van der Waals surface area (Å²) in [6.45, 7) is 9.12. The van der Waals surface area contributed by atoms with Gasteiger partial charge in [0.2, 0.25) is 0 Å². The molecule has 0 aromatic heterocycles. The summed E-state index contributed by atoms with van der Waals surface area (Å²) in [7, 11) is 5.54. The number of methoxy groups -OCH3 is 1. The van der Waals surface area contributed by atoms with Gasteiger partial charge in [0.25, 0.3) is 5.91 Å². The van der Waals surface area contributed by atoms with Crippen LogP contribution in [0.4, 0.5) is 16.2 Å². The third-order valence-electron chi connectivity index (χ3n) is 5.55. The Morgan fingerprint density at radius 3 is 2.22 bits per heavy atom. The zero-order valence-electron chi connectivity index (χ0n) is 20.2. The average Bonchev–Trinajstić information content (AvgIpc) is 2.76. The third-order valence-corrected chi connectivity index (χ3v) is 5.55. The van der Waals surface area contributed by atoms with Crippen LogP contribution >= 0.6 is 0 Å². The van der Waals surface area contributed by atoms with E-state index in [9.17, 15) is 9.59 Å². The molecular weight excluding hydrogens is 404 g/mol. The van der Waals surface area contributed by atoms with Gasteiger partial charge in [0.05, 0.1) is 7.11 Å². The van der Waals surface area contributed by atoms with Gasteiger partial charge >= 0.3 is 6.03 Å². The van der Waals surface area contributed by atoms with Gasteiger partial charge in [0, 0.05) is 50.2 Å². The SMILES string of the molecule is CCNC(=O)Nc1ccc(N(C)C)c(CN(C(=O)c2ccc(OC)cc2)C(C)C(C)C)c1. The number of nitrogens with one attached hydrogen (secondary N) is 2. The maximum absolute atomic E-state index is 13.5. The molecule has 1 atom stereocenters. The van der Waals surface area contributed by atoms with E-state index in [0.29, 0.717) is 30.1 Å². The Bertz CT molecular complexity index is 910. The zero-order chi connectivity index (χ0) is 23.8.